The van der Waals surface area contributed by atoms with Gasteiger partial charge in [-0.1, -0.05) is 44.9 Å². The van der Waals surface area contributed by atoms with Crippen molar-refractivity contribution in [3.63, 3.8) is 0 Å². The van der Waals surface area contributed by atoms with Gasteiger partial charge in [0.1, 0.15) is 0 Å². The predicted octanol–water partition coefficient (Wildman–Crippen LogP) is 6.29. The molecule has 1 aromatic heterocycles. The molecule has 0 bridgehead atoms. The van der Waals surface area contributed by atoms with Gasteiger partial charge in [-0.25, -0.2) is 0 Å². The molecule has 6 heteroatoms. The number of carbonyl (C=O) groups excluding carboxylic acids is 1. The molecule has 1 aromatic carbocycles. The molecule has 2 rings (SSSR count). The Balaban J connectivity index is 2.18. The molecule has 30 heavy (non-hydrogen) atoms. The molecule has 0 aliphatic carbocycles. The molecule has 1 heterocycles. The normalized spacial score (nSPS) is 12.6. The predicted molar refractivity (Wildman–Crippen MR) is 114 cm³/mol. The Labute approximate surface area is 177 Å². The smallest absolute Gasteiger partial charge is 0.345 e. The zero-order valence-electron chi connectivity index (χ0n) is 17.8. The Morgan fingerprint density at radius 2 is 2.00 bits per heavy atom. The summed E-state index contributed by atoms with van der Waals surface area (Å²) < 4.78 is 40.9. The van der Waals surface area contributed by atoms with Crippen LogP contribution in [-0.2, 0) is 24.1 Å². The minimum Gasteiger partial charge on any atom is -0.345 e. The Morgan fingerprint density at radius 1 is 1.23 bits per heavy atom. The molecule has 0 saturated carbocycles. The first-order valence-corrected chi connectivity index (χ1v) is 10.5. The zero-order chi connectivity index (χ0) is 22.1. The molecule has 0 aliphatic heterocycles. The van der Waals surface area contributed by atoms with E-state index in [0.29, 0.717) is 25.2 Å². The maximum absolute atomic E-state index is 13.1. The van der Waals surface area contributed by atoms with Crippen molar-refractivity contribution in [2.45, 2.75) is 58.8 Å². The summed E-state index contributed by atoms with van der Waals surface area (Å²) in [5.74, 6) is 0.0921. The number of nitrogens with zero attached hydrogens (tertiary/aromatic N) is 2. The molecule has 0 radical (unpaired) electrons. The third-order valence-electron chi connectivity index (χ3n) is 5.29. The molecule has 2 aromatic rings. The van der Waals surface area contributed by atoms with Crippen LogP contribution in [0.15, 0.2) is 55.3 Å². The third kappa shape index (κ3) is 6.51. The Bertz CT molecular complexity index is 826. The van der Waals surface area contributed by atoms with Gasteiger partial charge in [-0.2, -0.15) is 13.2 Å². The van der Waals surface area contributed by atoms with Gasteiger partial charge in [0.15, 0.2) is 0 Å². The van der Waals surface area contributed by atoms with Crippen molar-refractivity contribution in [2.75, 3.05) is 6.54 Å². The van der Waals surface area contributed by atoms with Crippen LogP contribution >= 0.6 is 0 Å². The van der Waals surface area contributed by atoms with Gasteiger partial charge in [0, 0.05) is 30.9 Å². The molecule has 0 aliphatic rings. The molecule has 0 fully saturated rings. The number of hydrogen-bond donors (Lipinski definition) is 0. The van der Waals surface area contributed by atoms with Crippen LogP contribution < -0.4 is 0 Å². The molecule has 1 amide bonds. The number of carbonyl (C=O) groups is 1. The molecule has 0 N–H and O–H groups in total. The fourth-order valence-corrected chi connectivity index (χ4v) is 3.58. The van der Waals surface area contributed by atoms with Crippen molar-refractivity contribution in [2.24, 2.45) is 5.92 Å². The van der Waals surface area contributed by atoms with Gasteiger partial charge in [0.2, 0.25) is 5.91 Å². The lowest BCUT2D eigenvalue weighted by molar-refractivity contribution is -0.138. The van der Waals surface area contributed by atoms with Crippen molar-refractivity contribution in [3.8, 4) is 0 Å². The van der Waals surface area contributed by atoms with Gasteiger partial charge >= 0.3 is 6.18 Å². The summed E-state index contributed by atoms with van der Waals surface area (Å²) in [7, 11) is 0. The van der Waals surface area contributed by atoms with Crippen LogP contribution in [0.1, 0.15) is 56.4 Å². The van der Waals surface area contributed by atoms with Crippen molar-refractivity contribution in [3.05, 3.63) is 72.1 Å². The number of alkyl halides is 3. The van der Waals surface area contributed by atoms with Gasteiger partial charge < -0.3 is 9.47 Å². The van der Waals surface area contributed by atoms with E-state index in [9.17, 15) is 18.0 Å². The van der Waals surface area contributed by atoms with Gasteiger partial charge in [0.25, 0.3) is 0 Å². The second-order valence-electron chi connectivity index (χ2n) is 7.58. The van der Waals surface area contributed by atoms with E-state index in [1.54, 1.807) is 17.0 Å². The topological polar surface area (TPSA) is 25.2 Å². The van der Waals surface area contributed by atoms with Gasteiger partial charge in [-0.05, 0) is 42.7 Å². The Hall–Kier alpha value is -2.50. The summed E-state index contributed by atoms with van der Waals surface area (Å²) in [4.78, 5) is 14.9. The van der Waals surface area contributed by atoms with E-state index in [1.165, 1.54) is 12.1 Å². The fourth-order valence-electron chi connectivity index (χ4n) is 3.58. The lowest BCUT2D eigenvalue weighted by Crippen LogP contribution is -2.36. The highest BCUT2D eigenvalue weighted by molar-refractivity contribution is 5.78. The highest BCUT2D eigenvalue weighted by Gasteiger charge is 2.30. The van der Waals surface area contributed by atoms with Crippen molar-refractivity contribution < 1.29 is 18.0 Å². The van der Waals surface area contributed by atoms with Gasteiger partial charge in [-0.15, -0.1) is 6.58 Å². The lowest BCUT2D eigenvalue weighted by Gasteiger charge is -2.26. The minimum atomic E-state index is -4.36. The number of unbranched alkanes of at least 4 members (excludes halogenated alkanes) is 1. The molecule has 164 valence electrons. The minimum absolute atomic E-state index is 0.0169. The van der Waals surface area contributed by atoms with E-state index in [1.807, 2.05) is 29.8 Å². The molecule has 0 unspecified atom stereocenters. The van der Waals surface area contributed by atoms with Crippen LogP contribution in [0.25, 0.3) is 0 Å². The highest BCUT2D eigenvalue weighted by Crippen LogP contribution is 2.29. The molecular weight excluding hydrogens is 389 g/mol. The van der Waals surface area contributed by atoms with E-state index in [2.05, 4.69) is 13.5 Å². The van der Waals surface area contributed by atoms with E-state index >= 15 is 0 Å². The number of aromatic nitrogens is 1. The molecule has 1 atom stereocenters. The largest absolute Gasteiger partial charge is 0.416 e. The Kier molecular flexibility index (Phi) is 8.75. The van der Waals surface area contributed by atoms with Crippen molar-refractivity contribution in [1.82, 2.24) is 9.47 Å². The van der Waals surface area contributed by atoms with Crippen LogP contribution in [-0.4, -0.2) is 21.9 Å². The van der Waals surface area contributed by atoms with Gasteiger partial charge in [0.05, 0.1) is 12.1 Å². The molecule has 3 nitrogen and oxygen atoms in total. The number of amides is 1. The van der Waals surface area contributed by atoms with Crippen LogP contribution in [0.2, 0.25) is 0 Å². The number of rotatable bonds is 11. The SMILES string of the molecule is C=CCN(Cc1cccn1Cc1cccc(C(F)(F)F)c1)C(=O)[C@H](CC)CCCC. The van der Waals surface area contributed by atoms with Crippen LogP contribution in [0.5, 0.6) is 0 Å². The van der Waals surface area contributed by atoms with Gasteiger partial charge in [-0.3, -0.25) is 4.79 Å². The highest BCUT2D eigenvalue weighted by atomic mass is 19.4. The quantitative estimate of drug-likeness (QED) is 0.392. The zero-order valence-corrected chi connectivity index (χ0v) is 17.8. The van der Waals surface area contributed by atoms with Crippen LogP contribution in [0.4, 0.5) is 13.2 Å². The summed E-state index contributed by atoms with van der Waals surface area (Å²) in [6.45, 7) is 9.07. The van der Waals surface area contributed by atoms with E-state index in [-0.39, 0.29) is 11.8 Å². The number of hydrogen-bond acceptors (Lipinski definition) is 1. The first-order valence-electron chi connectivity index (χ1n) is 10.5. The summed E-state index contributed by atoms with van der Waals surface area (Å²) in [5, 5.41) is 0. The van der Waals surface area contributed by atoms with Crippen molar-refractivity contribution >= 4 is 5.91 Å². The average Bonchev–Trinajstić information content (AvgIpc) is 3.14. The second-order valence-corrected chi connectivity index (χ2v) is 7.58. The summed E-state index contributed by atoms with van der Waals surface area (Å²) in [5.41, 5.74) is 0.796. The molecule has 0 saturated heterocycles. The number of benzene rings is 1. The van der Waals surface area contributed by atoms with Crippen molar-refractivity contribution in [1.29, 1.82) is 0 Å². The van der Waals surface area contributed by atoms with Crippen LogP contribution in [0, 0.1) is 5.92 Å². The number of halogens is 3. The summed E-state index contributed by atoms with van der Waals surface area (Å²) >= 11 is 0. The monoisotopic (exact) mass is 420 g/mol. The van der Waals surface area contributed by atoms with E-state index in [0.717, 1.165) is 37.4 Å². The second kappa shape index (κ2) is 11.0. The first kappa shape index (κ1) is 23.8. The lowest BCUT2D eigenvalue weighted by atomic mass is 9.97. The van der Waals surface area contributed by atoms with E-state index < -0.39 is 11.7 Å². The summed E-state index contributed by atoms with van der Waals surface area (Å²) in [6, 6.07) is 9.12. The molecule has 0 spiro atoms. The fraction of sp³-hybridized carbons (Fsp3) is 0.458. The van der Waals surface area contributed by atoms with Crippen LogP contribution in [0.3, 0.4) is 0 Å². The Morgan fingerprint density at radius 3 is 2.63 bits per heavy atom. The molecular formula is C24H31F3N2O. The standard InChI is InChI=1S/C24H31F3N2O/c1-4-7-11-20(6-3)23(30)29(14-5-2)18-22-13-9-15-28(22)17-19-10-8-12-21(16-19)24(25,26)27/h5,8-10,12-13,15-16,20H,2,4,6-7,11,14,17-18H2,1,3H3/t20-/m1/s1. The average molecular weight is 421 g/mol. The van der Waals surface area contributed by atoms with E-state index in [4.69, 9.17) is 0 Å². The third-order valence-corrected chi connectivity index (χ3v) is 5.29. The first-order chi connectivity index (χ1) is 14.3. The maximum Gasteiger partial charge on any atom is 0.416 e. The summed E-state index contributed by atoms with van der Waals surface area (Å²) in [6.07, 6.45) is 2.90. The maximum atomic E-state index is 13.1.